The highest BCUT2D eigenvalue weighted by Crippen LogP contribution is 2.02. The van der Waals surface area contributed by atoms with Gasteiger partial charge in [-0.1, -0.05) is 24.6 Å². The molecule has 3 nitrogen and oxygen atoms in total. The fourth-order valence-electron chi connectivity index (χ4n) is 1.37. The van der Waals surface area contributed by atoms with Gasteiger partial charge in [0.15, 0.2) is 0 Å². The molecule has 0 saturated heterocycles. The summed E-state index contributed by atoms with van der Waals surface area (Å²) in [7, 11) is 0. The highest BCUT2D eigenvalue weighted by Gasteiger charge is 2.02. The Morgan fingerprint density at radius 1 is 1.12 bits per heavy atom. The lowest BCUT2D eigenvalue weighted by Gasteiger charge is -2.06. The fraction of sp³-hybridized carbons (Fsp3) is 0.462. The van der Waals surface area contributed by atoms with Crippen molar-refractivity contribution in [3.63, 3.8) is 0 Å². The maximum atomic E-state index is 11.6. The second-order valence-corrected chi connectivity index (χ2v) is 3.87. The van der Waals surface area contributed by atoms with E-state index < -0.39 is 0 Å². The van der Waals surface area contributed by atoms with E-state index in [1.54, 1.807) is 0 Å². The number of rotatable bonds is 6. The second-order valence-electron chi connectivity index (χ2n) is 3.87. The van der Waals surface area contributed by atoms with Crippen LogP contribution < -0.4 is 10.6 Å². The summed E-state index contributed by atoms with van der Waals surface area (Å²) in [5.41, 5.74) is 1.89. The standard InChI is InChI=1S/C13H20N2O.ClH/c1-3-8-14-9-10-15-13(16)12-6-4-11(2)5-7-12;/h4-7,14H,3,8-10H2,1-2H3,(H,15,16);1H. The first kappa shape index (κ1) is 15.9. The Morgan fingerprint density at radius 2 is 1.76 bits per heavy atom. The first-order valence-electron chi connectivity index (χ1n) is 5.79. The summed E-state index contributed by atoms with van der Waals surface area (Å²) in [5, 5.41) is 6.11. The Morgan fingerprint density at radius 3 is 2.35 bits per heavy atom. The van der Waals surface area contributed by atoms with Crippen LogP contribution in [0.5, 0.6) is 0 Å². The maximum Gasteiger partial charge on any atom is 0.251 e. The largest absolute Gasteiger partial charge is 0.351 e. The SMILES string of the molecule is CCCNCCNC(=O)c1ccc(C)cc1.Cl. The van der Waals surface area contributed by atoms with Crippen molar-refractivity contribution in [3.05, 3.63) is 35.4 Å². The van der Waals surface area contributed by atoms with Crippen LogP contribution in [0.25, 0.3) is 0 Å². The zero-order valence-electron chi connectivity index (χ0n) is 10.5. The highest BCUT2D eigenvalue weighted by atomic mass is 35.5. The van der Waals surface area contributed by atoms with Crippen molar-refractivity contribution < 1.29 is 4.79 Å². The summed E-state index contributed by atoms with van der Waals surface area (Å²) in [6.07, 6.45) is 1.12. The third-order valence-electron chi connectivity index (χ3n) is 2.33. The van der Waals surface area contributed by atoms with Crippen molar-refractivity contribution in [1.29, 1.82) is 0 Å². The average Bonchev–Trinajstić information content (AvgIpc) is 2.29. The number of carbonyl (C=O) groups is 1. The summed E-state index contributed by atoms with van der Waals surface area (Å²) in [6, 6.07) is 7.60. The summed E-state index contributed by atoms with van der Waals surface area (Å²) in [6.45, 7) is 6.63. The van der Waals surface area contributed by atoms with Gasteiger partial charge in [-0.3, -0.25) is 4.79 Å². The molecule has 1 aromatic rings. The van der Waals surface area contributed by atoms with Gasteiger partial charge in [-0.15, -0.1) is 12.4 Å². The number of carbonyl (C=O) groups excluding carboxylic acids is 1. The number of hydrogen-bond acceptors (Lipinski definition) is 2. The van der Waals surface area contributed by atoms with Crippen molar-refractivity contribution in [2.24, 2.45) is 0 Å². The average molecular weight is 257 g/mol. The molecule has 0 aliphatic heterocycles. The predicted molar refractivity (Wildman–Crippen MR) is 73.9 cm³/mol. The molecular formula is C13H21ClN2O. The number of benzene rings is 1. The molecule has 0 spiro atoms. The molecule has 0 bridgehead atoms. The van der Waals surface area contributed by atoms with Crippen LogP contribution in [0.15, 0.2) is 24.3 Å². The van der Waals surface area contributed by atoms with Gasteiger partial charge in [-0.2, -0.15) is 0 Å². The molecule has 1 rings (SSSR count). The van der Waals surface area contributed by atoms with Gasteiger partial charge in [-0.25, -0.2) is 0 Å². The van der Waals surface area contributed by atoms with Crippen molar-refractivity contribution in [2.75, 3.05) is 19.6 Å². The minimum atomic E-state index is -0.00158. The first-order valence-corrected chi connectivity index (χ1v) is 5.79. The van der Waals surface area contributed by atoms with Crippen LogP contribution in [0.3, 0.4) is 0 Å². The Balaban J connectivity index is 0.00000256. The molecule has 0 radical (unpaired) electrons. The molecule has 1 aromatic carbocycles. The molecule has 4 heteroatoms. The van der Waals surface area contributed by atoms with Crippen molar-refractivity contribution in [2.45, 2.75) is 20.3 Å². The topological polar surface area (TPSA) is 41.1 Å². The Hall–Kier alpha value is -1.06. The number of hydrogen-bond donors (Lipinski definition) is 2. The molecule has 0 aliphatic carbocycles. The van der Waals surface area contributed by atoms with Crippen molar-refractivity contribution in [1.82, 2.24) is 10.6 Å². The van der Waals surface area contributed by atoms with Gasteiger partial charge in [0.05, 0.1) is 0 Å². The molecular weight excluding hydrogens is 236 g/mol. The van der Waals surface area contributed by atoms with E-state index in [0.717, 1.165) is 25.1 Å². The molecule has 0 heterocycles. The summed E-state index contributed by atoms with van der Waals surface area (Å²) in [5.74, 6) is -0.00158. The van der Waals surface area contributed by atoms with E-state index in [4.69, 9.17) is 0 Å². The van der Waals surface area contributed by atoms with E-state index in [1.165, 1.54) is 5.56 Å². The molecule has 17 heavy (non-hydrogen) atoms. The fourth-order valence-corrected chi connectivity index (χ4v) is 1.37. The van der Waals surface area contributed by atoms with Crippen LogP contribution in [-0.2, 0) is 0 Å². The lowest BCUT2D eigenvalue weighted by atomic mass is 10.1. The number of amides is 1. The predicted octanol–water partition coefficient (Wildman–Crippen LogP) is 2.15. The number of aryl methyl sites for hydroxylation is 1. The van der Waals surface area contributed by atoms with E-state index in [0.29, 0.717) is 6.54 Å². The molecule has 0 atom stereocenters. The van der Waals surface area contributed by atoms with Gasteiger partial charge in [0.1, 0.15) is 0 Å². The molecule has 0 aromatic heterocycles. The normalized spacial score (nSPS) is 9.53. The van der Waals surface area contributed by atoms with Crippen LogP contribution in [0.4, 0.5) is 0 Å². The van der Waals surface area contributed by atoms with E-state index in [9.17, 15) is 4.79 Å². The Bertz CT molecular complexity index is 325. The van der Waals surface area contributed by atoms with Gasteiger partial charge >= 0.3 is 0 Å². The third kappa shape index (κ3) is 6.29. The van der Waals surface area contributed by atoms with E-state index in [2.05, 4.69) is 17.6 Å². The lowest BCUT2D eigenvalue weighted by molar-refractivity contribution is 0.0954. The van der Waals surface area contributed by atoms with Gasteiger partial charge < -0.3 is 10.6 Å². The van der Waals surface area contributed by atoms with Gasteiger partial charge in [0.25, 0.3) is 5.91 Å². The smallest absolute Gasteiger partial charge is 0.251 e. The minimum absolute atomic E-state index is 0. The van der Waals surface area contributed by atoms with Gasteiger partial charge in [0, 0.05) is 18.7 Å². The monoisotopic (exact) mass is 256 g/mol. The third-order valence-corrected chi connectivity index (χ3v) is 2.33. The van der Waals surface area contributed by atoms with Crippen LogP contribution in [0.2, 0.25) is 0 Å². The zero-order valence-corrected chi connectivity index (χ0v) is 11.3. The van der Waals surface area contributed by atoms with E-state index in [1.807, 2.05) is 31.2 Å². The van der Waals surface area contributed by atoms with E-state index >= 15 is 0 Å². The molecule has 0 aliphatic rings. The van der Waals surface area contributed by atoms with Crippen LogP contribution in [0, 0.1) is 6.92 Å². The first-order chi connectivity index (χ1) is 7.74. The Labute approximate surface area is 109 Å². The molecule has 0 saturated carbocycles. The van der Waals surface area contributed by atoms with Gasteiger partial charge in [-0.05, 0) is 32.0 Å². The molecule has 1 amide bonds. The number of halogens is 1. The van der Waals surface area contributed by atoms with Crippen LogP contribution >= 0.6 is 12.4 Å². The van der Waals surface area contributed by atoms with Crippen LogP contribution in [-0.4, -0.2) is 25.5 Å². The summed E-state index contributed by atoms with van der Waals surface area (Å²) in [4.78, 5) is 11.6. The summed E-state index contributed by atoms with van der Waals surface area (Å²) < 4.78 is 0. The zero-order chi connectivity index (χ0) is 11.8. The van der Waals surface area contributed by atoms with Crippen molar-refractivity contribution >= 4 is 18.3 Å². The lowest BCUT2D eigenvalue weighted by Crippen LogP contribution is -2.32. The Kier molecular flexibility index (Phi) is 8.46. The molecule has 0 unspecified atom stereocenters. The maximum absolute atomic E-state index is 11.6. The molecule has 96 valence electrons. The summed E-state index contributed by atoms with van der Waals surface area (Å²) >= 11 is 0. The number of nitrogens with one attached hydrogen (secondary N) is 2. The van der Waals surface area contributed by atoms with Gasteiger partial charge in [0.2, 0.25) is 0 Å². The van der Waals surface area contributed by atoms with Crippen molar-refractivity contribution in [3.8, 4) is 0 Å². The van der Waals surface area contributed by atoms with Crippen LogP contribution in [0.1, 0.15) is 29.3 Å². The second kappa shape index (κ2) is 9.02. The minimum Gasteiger partial charge on any atom is -0.351 e. The quantitative estimate of drug-likeness (QED) is 0.766. The highest BCUT2D eigenvalue weighted by molar-refractivity contribution is 5.94. The molecule has 0 fully saturated rings. The molecule has 2 N–H and O–H groups in total. The van der Waals surface area contributed by atoms with E-state index in [-0.39, 0.29) is 18.3 Å².